The quantitative estimate of drug-likeness (QED) is 0.617. The number of carbonyl (C=O) groups is 1. The van der Waals surface area contributed by atoms with Crippen LogP contribution in [-0.4, -0.2) is 37.5 Å². The van der Waals surface area contributed by atoms with Gasteiger partial charge < -0.3 is 19.0 Å². The van der Waals surface area contributed by atoms with Crippen LogP contribution in [0.15, 0.2) is 0 Å². The van der Waals surface area contributed by atoms with Crippen molar-refractivity contribution in [3.63, 3.8) is 0 Å². The Morgan fingerprint density at radius 1 is 1.36 bits per heavy atom. The van der Waals surface area contributed by atoms with Gasteiger partial charge in [-0.25, -0.2) is 0 Å². The summed E-state index contributed by atoms with van der Waals surface area (Å²) >= 11 is 0. The van der Waals surface area contributed by atoms with Crippen molar-refractivity contribution in [2.24, 2.45) is 5.92 Å². The normalized spacial score (nSPS) is 45.1. The summed E-state index contributed by atoms with van der Waals surface area (Å²) in [6.45, 7) is 3.72. The third kappa shape index (κ3) is 1.47. The van der Waals surface area contributed by atoms with E-state index in [2.05, 4.69) is 0 Å². The summed E-state index contributed by atoms with van der Waals surface area (Å²) in [5.74, 6) is -0.680. The Morgan fingerprint density at radius 2 is 2.00 bits per heavy atom. The van der Waals surface area contributed by atoms with Crippen LogP contribution in [0.4, 0.5) is 0 Å². The molecule has 14 heavy (non-hydrogen) atoms. The number of ether oxygens (including phenoxy) is 3. The molecule has 2 rings (SSSR count). The highest BCUT2D eigenvalue weighted by molar-refractivity contribution is 5.56. The van der Waals surface area contributed by atoms with Gasteiger partial charge in [-0.2, -0.15) is 0 Å². The van der Waals surface area contributed by atoms with Crippen LogP contribution in [0.3, 0.4) is 0 Å². The zero-order valence-electron chi connectivity index (χ0n) is 8.73. The second kappa shape index (κ2) is 3.29. The first kappa shape index (κ1) is 10.1. The molecule has 1 saturated heterocycles. The molecule has 2 aliphatic rings. The monoisotopic (exact) mass is 200 g/mol. The molecule has 1 heterocycles. The molecule has 0 spiro atoms. The van der Waals surface area contributed by atoms with Gasteiger partial charge in [-0.05, 0) is 20.3 Å². The van der Waals surface area contributed by atoms with Crippen molar-refractivity contribution < 1.29 is 19.0 Å². The zero-order valence-corrected chi connectivity index (χ0v) is 8.73. The van der Waals surface area contributed by atoms with Gasteiger partial charge >= 0.3 is 0 Å². The summed E-state index contributed by atoms with van der Waals surface area (Å²) in [6.07, 6.45) is 1.40. The van der Waals surface area contributed by atoms with Crippen molar-refractivity contribution in [2.75, 3.05) is 7.11 Å². The number of carbonyl (C=O) groups excluding carboxylic acids is 1. The van der Waals surface area contributed by atoms with Gasteiger partial charge in [-0.3, -0.25) is 0 Å². The minimum Gasteiger partial charge on any atom is -0.379 e. The van der Waals surface area contributed by atoms with Crippen molar-refractivity contribution in [3.05, 3.63) is 0 Å². The second-order valence-corrected chi connectivity index (χ2v) is 4.37. The zero-order chi connectivity index (χ0) is 10.3. The molecule has 4 atom stereocenters. The van der Waals surface area contributed by atoms with E-state index in [1.165, 1.54) is 0 Å². The lowest BCUT2D eigenvalue weighted by Crippen LogP contribution is -2.29. The standard InChI is InChI=1S/C10H16O4/c1-10(2)13-8-6(5-11)4-7(12-3)9(8)14-10/h5-9H,4H2,1-3H3. The first-order chi connectivity index (χ1) is 6.57. The van der Waals surface area contributed by atoms with Gasteiger partial charge in [0.05, 0.1) is 12.2 Å². The molecule has 4 heteroatoms. The minimum absolute atomic E-state index is 0.0167. The highest BCUT2D eigenvalue weighted by Gasteiger charge is 2.54. The number of methoxy groups -OCH3 is 1. The van der Waals surface area contributed by atoms with Crippen LogP contribution < -0.4 is 0 Å². The van der Waals surface area contributed by atoms with E-state index in [9.17, 15) is 4.79 Å². The van der Waals surface area contributed by atoms with Crippen molar-refractivity contribution in [3.8, 4) is 0 Å². The van der Waals surface area contributed by atoms with E-state index < -0.39 is 5.79 Å². The first-order valence-corrected chi connectivity index (χ1v) is 4.91. The molecule has 0 aromatic rings. The lowest BCUT2D eigenvalue weighted by molar-refractivity contribution is -0.168. The van der Waals surface area contributed by atoms with Crippen LogP contribution in [0.1, 0.15) is 20.3 Å². The van der Waals surface area contributed by atoms with E-state index >= 15 is 0 Å². The molecule has 2 fully saturated rings. The molecule has 0 bridgehead atoms. The van der Waals surface area contributed by atoms with Crippen LogP contribution in [0.25, 0.3) is 0 Å². The fraction of sp³-hybridized carbons (Fsp3) is 0.900. The first-order valence-electron chi connectivity index (χ1n) is 4.91. The van der Waals surface area contributed by atoms with Crippen LogP contribution in [0.2, 0.25) is 0 Å². The van der Waals surface area contributed by atoms with Crippen molar-refractivity contribution in [1.82, 2.24) is 0 Å². The van der Waals surface area contributed by atoms with Gasteiger partial charge in [0.15, 0.2) is 5.79 Å². The fourth-order valence-corrected chi connectivity index (χ4v) is 2.34. The summed E-state index contributed by atoms with van der Waals surface area (Å²) in [5, 5.41) is 0. The Bertz CT molecular complexity index is 238. The Labute approximate surface area is 83.5 Å². The molecular formula is C10H16O4. The highest BCUT2D eigenvalue weighted by atomic mass is 16.8. The summed E-state index contributed by atoms with van der Waals surface area (Å²) in [5.41, 5.74) is 0. The highest BCUT2D eigenvalue weighted by Crippen LogP contribution is 2.41. The molecule has 0 amide bonds. The predicted octanol–water partition coefficient (Wildman–Crippen LogP) is 0.740. The van der Waals surface area contributed by atoms with Crippen molar-refractivity contribution in [2.45, 2.75) is 44.4 Å². The summed E-state index contributed by atoms with van der Waals surface area (Å²) in [4.78, 5) is 10.8. The van der Waals surface area contributed by atoms with Gasteiger partial charge in [0.2, 0.25) is 0 Å². The van der Waals surface area contributed by atoms with Crippen molar-refractivity contribution >= 4 is 6.29 Å². The van der Waals surface area contributed by atoms with Gasteiger partial charge in [-0.1, -0.05) is 0 Å². The number of hydrogen-bond acceptors (Lipinski definition) is 4. The number of aldehydes is 1. The van der Waals surface area contributed by atoms with E-state index in [4.69, 9.17) is 14.2 Å². The molecule has 80 valence electrons. The third-order valence-electron chi connectivity index (χ3n) is 2.93. The smallest absolute Gasteiger partial charge is 0.163 e. The Kier molecular flexibility index (Phi) is 2.37. The lowest BCUT2D eigenvalue weighted by Gasteiger charge is -2.21. The molecule has 0 radical (unpaired) electrons. The molecule has 0 aromatic heterocycles. The molecular weight excluding hydrogens is 184 g/mol. The van der Waals surface area contributed by atoms with Gasteiger partial charge in [0.25, 0.3) is 0 Å². The van der Waals surface area contributed by atoms with Gasteiger partial charge in [0.1, 0.15) is 12.4 Å². The van der Waals surface area contributed by atoms with Crippen LogP contribution in [-0.2, 0) is 19.0 Å². The summed E-state index contributed by atoms with van der Waals surface area (Å²) < 4.78 is 16.7. The van der Waals surface area contributed by atoms with Crippen molar-refractivity contribution in [1.29, 1.82) is 0 Å². The summed E-state index contributed by atoms with van der Waals surface area (Å²) in [7, 11) is 1.64. The summed E-state index contributed by atoms with van der Waals surface area (Å²) in [6, 6.07) is 0. The molecule has 1 saturated carbocycles. The molecule has 4 unspecified atom stereocenters. The predicted molar refractivity (Wildman–Crippen MR) is 48.8 cm³/mol. The maximum atomic E-state index is 10.8. The van der Waals surface area contributed by atoms with E-state index in [0.29, 0.717) is 6.42 Å². The molecule has 4 nitrogen and oxygen atoms in total. The average Bonchev–Trinajstić information content (AvgIpc) is 2.57. The molecule has 1 aliphatic heterocycles. The van der Waals surface area contributed by atoms with E-state index in [1.807, 2.05) is 13.8 Å². The average molecular weight is 200 g/mol. The van der Waals surface area contributed by atoms with Gasteiger partial charge in [0, 0.05) is 13.0 Å². The molecule has 1 aliphatic carbocycles. The maximum absolute atomic E-state index is 10.8. The number of fused-ring (bicyclic) bond motifs is 1. The topological polar surface area (TPSA) is 44.8 Å². The van der Waals surface area contributed by atoms with Gasteiger partial charge in [-0.15, -0.1) is 0 Å². The molecule has 0 N–H and O–H groups in total. The Hall–Kier alpha value is -0.450. The number of rotatable bonds is 2. The van der Waals surface area contributed by atoms with E-state index in [0.717, 1.165) is 6.29 Å². The number of hydrogen-bond donors (Lipinski definition) is 0. The minimum atomic E-state index is -0.589. The molecule has 0 aromatic carbocycles. The lowest BCUT2D eigenvalue weighted by atomic mass is 10.1. The third-order valence-corrected chi connectivity index (χ3v) is 2.93. The fourth-order valence-electron chi connectivity index (χ4n) is 2.34. The van der Waals surface area contributed by atoms with Crippen LogP contribution >= 0.6 is 0 Å². The van der Waals surface area contributed by atoms with E-state index in [1.54, 1.807) is 7.11 Å². The van der Waals surface area contributed by atoms with Crippen LogP contribution in [0.5, 0.6) is 0 Å². The largest absolute Gasteiger partial charge is 0.379 e. The SMILES string of the molecule is COC1CC(C=O)C2OC(C)(C)OC12. The Morgan fingerprint density at radius 3 is 2.57 bits per heavy atom. The van der Waals surface area contributed by atoms with E-state index in [-0.39, 0.29) is 24.2 Å². The maximum Gasteiger partial charge on any atom is 0.163 e. The van der Waals surface area contributed by atoms with Crippen LogP contribution in [0, 0.1) is 5.92 Å². The Balaban J connectivity index is 2.16. The second-order valence-electron chi connectivity index (χ2n) is 4.37.